The van der Waals surface area contributed by atoms with Gasteiger partial charge in [0, 0.05) is 12.4 Å². The van der Waals surface area contributed by atoms with E-state index in [-0.39, 0.29) is 11.8 Å². The van der Waals surface area contributed by atoms with Crippen LogP contribution in [-0.2, 0) is 0 Å². The summed E-state index contributed by atoms with van der Waals surface area (Å²) in [5.74, 6) is 1.78. The van der Waals surface area contributed by atoms with Gasteiger partial charge in [-0.25, -0.2) is 0 Å². The monoisotopic (exact) mass is 214 g/mol. The van der Waals surface area contributed by atoms with Crippen LogP contribution in [0.1, 0.15) is 34.1 Å². The second kappa shape index (κ2) is 3.78. The predicted molar refractivity (Wildman–Crippen MR) is 57.6 cm³/mol. The molecule has 2 heterocycles. The SMILES string of the molecule is C#CC(CC)N1C(=O)c2ccncc2C1=O. The lowest BCUT2D eigenvalue weighted by molar-refractivity contribution is 0.0618. The third-order valence-electron chi connectivity index (χ3n) is 2.61. The number of imide groups is 1. The zero-order valence-corrected chi connectivity index (χ0v) is 8.80. The van der Waals surface area contributed by atoms with E-state index in [0.29, 0.717) is 17.5 Å². The Bertz CT molecular complexity index is 467. The van der Waals surface area contributed by atoms with Crippen LogP contribution in [-0.4, -0.2) is 27.7 Å². The Hall–Kier alpha value is -2.15. The van der Waals surface area contributed by atoms with Crippen LogP contribution in [0.2, 0.25) is 0 Å². The third-order valence-corrected chi connectivity index (χ3v) is 2.61. The quantitative estimate of drug-likeness (QED) is 0.547. The molecule has 4 nitrogen and oxygen atoms in total. The third kappa shape index (κ3) is 1.29. The van der Waals surface area contributed by atoms with Crippen molar-refractivity contribution in [1.82, 2.24) is 9.88 Å². The van der Waals surface area contributed by atoms with Crippen molar-refractivity contribution in [2.75, 3.05) is 0 Å². The predicted octanol–water partition coefficient (Wildman–Crippen LogP) is 1.09. The lowest BCUT2D eigenvalue weighted by Crippen LogP contribution is -2.38. The molecule has 4 heteroatoms. The Balaban J connectivity index is 2.47. The first-order valence-corrected chi connectivity index (χ1v) is 4.98. The van der Waals surface area contributed by atoms with Crippen molar-refractivity contribution >= 4 is 11.8 Å². The van der Waals surface area contributed by atoms with E-state index in [0.717, 1.165) is 4.90 Å². The van der Waals surface area contributed by atoms with E-state index >= 15 is 0 Å². The van der Waals surface area contributed by atoms with Crippen LogP contribution in [0.3, 0.4) is 0 Å². The Labute approximate surface area is 93.3 Å². The van der Waals surface area contributed by atoms with E-state index in [9.17, 15) is 9.59 Å². The van der Waals surface area contributed by atoms with Crippen molar-refractivity contribution in [3.8, 4) is 12.3 Å². The zero-order chi connectivity index (χ0) is 11.7. The molecule has 1 aliphatic heterocycles. The number of fused-ring (bicyclic) bond motifs is 1. The second-order valence-corrected chi connectivity index (χ2v) is 3.49. The number of nitrogens with zero attached hydrogens (tertiary/aromatic N) is 2. The van der Waals surface area contributed by atoms with E-state index in [1.54, 1.807) is 6.07 Å². The van der Waals surface area contributed by atoms with E-state index in [2.05, 4.69) is 10.9 Å². The maximum absolute atomic E-state index is 11.9. The topological polar surface area (TPSA) is 50.3 Å². The molecule has 0 saturated carbocycles. The van der Waals surface area contributed by atoms with E-state index in [1.807, 2.05) is 6.92 Å². The molecule has 0 bridgehead atoms. The molecule has 1 aliphatic rings. The molecule has 1 aromatic heterocycles. The van der Waals surface area contributed by atoms with Gasteiger partial charge in [0.1, 0.15) is 6.04 Å². The number of hydrogen-bond donors (Lipinski definition) is 0. The molecule has 2 rings (SSSR count). The number of aromatic nitrogens is 1. The number of amides is 2. The Morgan fingerprint density at radius 2 is 2.12 bits per heavy atom. The van der Waals surface area contributed by atoms with Crippen LogP contribution in [0.15, 0.2) is 18.5 Å². The maximum Gasteiger partial charge on any atom is 0.264 e. The van der Waals surface area contributed by atoms with Crippen molar-refractivity contribution < 1.29 is 9.59 Å². The van der Waals surface area contributed by atoms with Gasteiger partial charge in [-0.3, -0.25) is 19.5 Å². The highest BCUT2D eigenvalue weighted by Crippen LogP contribution is 2.24. The molecule has 0 aromatic carbocycles. The molecule has 0 radical (unpaired) electrons. The van der Waals surface area contributed by atoms with Crippen LogP contribution in [0.5, 0.6) is 0 Å². The molecule has 0 N–H and O–H groups in total. The van der Waals surface area contributed by atoms with Gasteiger partial charge >= 0.3 is 0 Å². The number of terminal acetylenes is 1. The minimum absolute atomic E-state index is 0.327. The summed E-state index contributed by atoms with van der Waals surface area (Å²) in [6, 6.07) is 1.06. The summed E-state index contributed by atoms with van der Waals surface area (Å²) in [5.41, 5.74) is 0.718. The molecule has 0 spiro atoms. The van der Waals surface area contributed by atoms with E-state index in [1.165, 1.54) is 12.4 Å². The Morgan fingerprint density at radius 3 is 2.69 bits per heavy atom. The Morgan fingerprint density at radius 1 is 1.44 bits per heavy atom. The zero-order valence-electron chi connectivity index (χ0n) is 8.80. The fourth-order valence-corrected chi connectivity index (χ4v) is 1.76. The summed E-state index contributed by atoms with van der Waals surface area (Å²) in [4.78, 5) is 28.9. The molecule has 1 atom stereocenters. The lowest BCUT2D eigenvalue weighted by atomic mass is 10.2. The van der Waals surface area contributed by atoms with Gasteiger partial charge in [0.2, 0.25) is 0 Å². The van der Waals surface area contributed by atoms with Crippen molar-refractivity contribution in [3.63, 3.8) is 0 Å². The van der Waals surface area contributed by atoms with Crippen LogP contribution in [0.4, 0.5) is 0 Å². The largest absolute Gasteiger partial charge is 0.269 e. The first-order chi connectivity index (χ1) is 7.70. The fraction of sp³-hybridized carbons (Fsp3) is 0.250. The summed E-state index contributed by atoms with van der Waals surface area (Å²) in [7, 11) is 0. The maximum atomic E-state index is 11.9. The molecular weight excluding hydrogens is 204 g/mol. The van der Waals surface area contributed by atoms with Gasteiger partial charge in [-0.2, -0.15) is 0 Å². The number of rotatable bonds is 2. The number of carbonyl (C=O) groups excluding carboxylic acids is 2. The van der Waals surface area contributed by atoms with Crippen LogP contribution in [0.25, 0.3) is 0 Å². The second-order valence-electron chi connectivity index (χ2n) is 3.49. The number of hydrogen-bond acceptors (Lipinski definition) is 3. The summed E-state index contributed by atoms with van der Waals surface area (Å²) in [6.07, 6.45) is 8.75. The molecule has 80 valence electrons. The molecule has 16 heavy (non-hydrogen) atoms. The molecule has 2 amide bonds. The number of carbonyl (C=O) groups is 2. The highest BCUT2D eigenvalue weighted by molar-refractivity contribution is 6.21. The minimum Gasteiger partial charge on any atom is -0.269 e. The number of pyridine rings is 1. The molecule has 0 aliphatic carbocycles. The van der Waals surface area contributed by atoms with Crippen LogP contribution < -0.4 is 0 Å². The van der Waals surface area contributed by atoms with Gasteiger partial charge in [0.05, 0.1) is 11.1 Å². The highest BCUT2D eigenvalue weighted by Gasteiger charge is 2.38. The lowest BCUT2D eigenvalue weighted by Gasteiger charge is -2.19. The van der Waals surface area contributed by atoms with Gasteiger partial charge in [0.15, 0.2) is 0 Å². The fourth-order valence-electron chi connectivity index (χ4n) is 1.76. The van der Waals surface area contributed by atoms with Gasteiger partial charge in [0.25, 0.3) is 11.8 Å². The summed E-state index contributed by atoms with van der Waals surface area (Å²) >= 11 is 0. The first kappa shape index (κ1) is 10.4. The van der Waals surface area contributed by atoms with Crippen LogP contribution in [0, 0.1) is 12.3 Å². The van der Waals surface area contributed by atoms with Crippen molar-refractivity contribution in [2.24, 2.45) is 0 Å². The van der Waals surface area contributed by atoms with E-state index < -0.39 is 6.04 Å². The van der Waals surface area contributed by atoms with Gasteiger partial charge < -0.3 is 0 Å². The molecule has 0 saturated heterocycles. The Kier molecular flexibility index (Phi) is 2.45. The standard InChI is InChI=1S/C12H10N2O2/c1-3-8(4-2)14-11(15)9-5-6-13-7-10(9)12(14)16/h1,5-8H,4H2,2H3. The van der Waals surface area contributed by atoms with Crippen LogP contribution >= 0.6 is 0 Å². The van der Waals surface area contributed by atoms with Crippen molar-refractivity contribution in [3.05, 3.63) is 29.6 Å². The van der Waals surface area contributed by atoms with Gasteiger partial charge in [-0.15, -0.1) is 6.42 Å². The molecular formula is C12H10N2O2. The minimum atomic E-state index is -0.479. The van der Waals surface area contributed by atoms with Gasteiger partial charge in [-0.1, -0.05) is 12.8 Å². The van der Waals surface area contributed by atoms with Crippen molar-refractivity contribution in [2.45, 2.75) is 19.4 Å². The highest BCUT2D eigenvalue weighted by atomic mass is 16.2. The summed E-state index contributed by atoms with van der Waals surface area (Å²) in [5, 5.41) is 0. The average molecular weight is 214 g/mol. The normalized spacial score (nSPS) is 15.9. The van der Waals surface area contributed by atoms with E-state index in [4.69, 9.17) is 6.42 Å². The summed E-state index contributed by atoms with van der Waals surface area (Å²) < 4.78 is 0. The molecule has 0 fully saturated rings. The van der Waals surface area contributed by atoms with Crippen molar-refractivity contribution in [1.29, 1.82) is 0 Å². The molecule has 1 aromatic rings. The first-order valence-electron chi connectivity index (χ1n) is 4.98. The van der Waals surface area contributed by atoms with Gasteiger partial charge in [-0.05, 0) is 12.5 Å². The smallest absolute Gasteiger partial charge is 0.264 e. The average Bonchev–Trinajstić information content (AvgIpc) is 2.57. The molecule has 1 unspecified atom stereocenters. The summed E-state index contributed by atoms with van der Waals surface area (Å²) in [6.45, 7) is 1.84.